The maximum atomic E-state index is 13.5. The highest BCUT2D eigenvalue weighted by atomic mass is 35.5. The first-order valence-corrected chi connectivity index (χ1v) is 19.8. The molecule has 1 unspecified atom stereocenters. The summed E-state index contributed by atoms with van der Waals surface area (Å²) in [5, 5.41) is 19.0. The summed E-state index contributed by atoms with van der Waals surface area (Å²) in [5.41, 5.74) is 5.06. The molecule has 2 aromatic heterocycles. The standard InChI is InChI=1S/C41H36Cl2N6O4S2/c1-4-52-38(50)30-15-7-5-14-29(30)24-45-49(41-47-37(26-55-41)33-18-10-12-20-35(33)43)22-21-27(2)53-39(51)31-16-8-6-13-28(31)23-44-48(3)40-46-36(25-54-40)32-17-9-11-19-34(32)42/h5-20,23-27H,4,21-22H2,1-3H3/b44-23+,45-24+. The fraction of sp³-hybridized carbons (Fsp3) is 0.171. The number of hydrogen-bond acceptors (Lipinski definition) is 12. The van der Waals surface area contributed by atoms with Gasteiger partial charge in [0.25, 0.3) is 0 Å². The van der Waals surface area contributed by atoms with Crippen LogP contribution in [-0.4, -0.2) is 60.6 Å². The first-order chi connectivity index (χ1) is 26.7. The van der Waals surface area contributed by atoms with Gasteiger partial charge in [0, 0.05) is 63.1 Å². The molecule has 280 valence electrons. The summed E-state index contributed by atoms with van der Waals surface area (Å²) >= 11 is 15.7. The molecule has 0 aliphatic heterocycles. The lowest BCUT2D eigenvalue weighted by atomic mass is 10.1. The molecule has 55 heavy (non-hydrogen) atoms. The highest BCUT2D eigenvalue weighted by Crippen LogP contribution is 2.33. The van der Waals surface area contributed by atoms with Gasteiger partial charge in [-0.1, -0.05) is 96.0 Å². The molecule has 0 fully saturated rings. The smallest absolute Gasteiger partial charge is 0.339 e. The number of esters is 2. The zero-order chi connectivity index (χ0) is 38.7. The second kappa shape index (κ2) is 18.8. The molecule has 1 atom stereocenters. The van der Waals surface area contributed by atoms with Crippen molar-refractivity contribution in [2.75, 3.05) is 30.2 Å². The minimum atomic E-state index is -0.494. The highest BCUT2D eigenvalue weighted by Gasteiger charge is 2.19. The number of halogens is 2. The van der Waals surface area contributed by atoms with Gasteiger partial charge >= 0.3 is 11.9 Å². The second-order valence-electron chi connectivity index (χ2n) is 12.0. The number of ether oxygens (including phenoxy) is 2. The average Bonchev–Trinajstić information content (AvgIpc) is 3.89. The number of nitrogens with zero attached hydrogens (tertiary/aromatic N) is 6. The SMILES string of the molecule is CCOC(=O)c1ccccc1/C=N/N(CCC(C)OC(=O)c1ccccc1/C=N/N(C)c1nc(-c2ccccc2Cl)cs1)c1nc(-c2ccccc2Cl)cs1. The van der Waals surface area contributed by atoms with Crippen LogP contribution >= 0.6 is 45.9 Å². The number of anilines is 2. The molecule has 6 aromatic rings. The van der Waals surface area contributed by atoms with Gasteiger partial charge in [-0.25, -0.2) is 29.6 Å². The van der Waals surface area contributed by atoms with Gasteiger partial charge in [-0.05, 0) is 38.1 Å². The van der Waals surface area contributed by atoms with Gasteiger partial charge in [-0.15, -0.1) is 22.7 Å². The van der Waals surface area contributed by atoms with E-state index in [1.165, 1.54) is 22.7 Å². The predicted molar refractivity (Wildman–Crippen MR) is 224 cm³/mol. The summed E-state index contributed by atoms with van der Waals surface area (Å²) in [6.07, 6.45) is 3.14. The summed E-state index contributed by atoms with van der Waals surface area (Å²) in [5.74, 6) is -0.921. The van der Waals surface area contributed by atoms with Crippen LogP contribution in [0.25, 0.3) is 22.5 Å². The number of benzene rings is 4. The number of carbonyl (C=O) groups is 2. The Balaban J connectivity index is 1.15. The number of rotatable bonds is 15. The molecule has 2 heterocycles. The minimum absolute atomic E-state index is 0.254. The fourth-order valence-electron chi connectivity index (χ4n) is 5.32. The topological polar surface area (TPSA) is 110 Å². The summed E-state index contributed by atoms with van der Waals surface area (Å²) in [4.78, 5) is 35.7. The molecule has 4 aromatic carbocycles. The molecular weight excluding hydrogens is 776 g/mol. The number of thiazole rings is 2. The lowest BCUT2D eigenvalue weighted by Crippen LogP contribution is -2.25. The van der Waals surface area contributed by atoms with Gasteiger partial charge in [0.1, 0.15) is 6.10 Å². The van der Waals surface area contributed by atoms with Crippen molar-refractivity contribution in [3.05, 3.63) is 140 Å². The fourth-order valence-corrected chi connectivity index (χ4v) is 7.34. The zero-order valence-corrected chi connectivity index (χ0v) is 33.3. The largest absolute Gasteiger partial charge is 0.462 e. The third-order valence-electron chi connectivity index (χ3n) is 8.18. The van der Waals surface area contributed by atoms with Gasteiger partial charge in [0.2, 0.25) is 10.3 Å². The lowest BCUT2D eigenvalue weighted by Gasteiger charge is -2.19. The Morgan fingerprint density at radius 2 is 1.25 bits per heavy atom. The first-order valence-electron chi connectivity index (χ1n) is 17.3. The number of hydrazone groups is 2. The Bertz CT molecular complexity index is 2330. The van der Waals surface area contributed by atoms with Crippen LogP contribution in [0, 0.1) is 0 Å². The van der Waals surface area contributed by atoms with E-state index in [0.717, 1.165) is 16.8 Å². The van der Waals surface area contributed by atoms with Crippen molar-refractivity contribution < 1.29 is 19.1 Å². The molecule has 0 aliphatic carbocycles. The maximum absolute atomic E-state index is 13.5. The Morgan fingerprint density at radius 3 is 1.85 bits per heavy atom. The van der Waals surface area contributed by atoms with Crippen molar-refractivity contribution in [1.29, 1.82) is 0 Å². The summed E-state index contributed by atoms with van der Waals surface area (Å²) < 4.78 is 11.2. The van der Waals surface area contributed by atoms with Crippen LogP contribution in [0.5, 0.6) is 0 Å². The van der Waals surface area contributed by atoms with E-state index < -0.39 is 18.0 Å². The molecule has 0 bridgehead atoms. The van der Waals surface area contributed by atoms with Crippen molar-refractivity contribution in [2.45, 2.75) is 26.4 Å². The summed E-state index contributed by atoms with van der Waals surface area (Å²) in [6.45, 7) is 4.19. The van der Waals surface area contributed by atoms with E-state index in [1.807, 2.05) is 78.3 Å². The first kappa shape index (κ1) is 39.3. The number of carbonyl (C=O) groups excluding carboxylic acids is 2. The third kappa shape index (κ3) is 10.0. The Labute approximate surface area is 337 Å². The van der Waals surface area contributed by atoms with Gasteiger partial charge in [-0.3, -0.25) is 0 Å². The van der Waals surface area contributed by atoms with Crippen molar-refractivity contribution in [1.82, 2.24) is 9.97 Å². The summed E-state index contributed by atoms with van der Waals surface area (Å²) in [6, 6.07) is 29.2. The monoisotopic (exact) mass is 810 g/mol. The van der Waals surface area contributed by atoms with Gasteiger partial charge in [-0.2, -0.15) is 10.2 Å². The van der Waals surface area contributed by atoms with Crippen LogP contribution in [0.4, 0.5) is 10.3 Å². The van der Waals surface area contributed by atoms with Crippen LogP contribution in [0.2, 0.25) is 10.0 Å². The van der Waals surface area contributed by atoms with Crippen molar-refractivity contribution in [2.24, 2.45) is 10.2 Å². The quantitative estimate of drug-likeness (QED) is 0.0573. The molecule has 0 saturated heterocycles. The van der Waals surface area contributed by atoms with Crippen LogP contribution < -0.4 is 10.0 Å². The third-order valence-corrected chi connectivity index (χ3v) is 10.6. The average molecular weight is 812 g/mol. The molecule has 0 radical (unpaired) electrons. The molecule has 6 rings (SSSR count). The molecule has 0 N–H and O–H groups in total. The van der Waals surface area contributed by atoms with Gasteiger partial charge < -0.3 is 9.47 Å². The number of hydrogen-bond donors (Lipinski definition) is 0. The molecule has 0 spiro atoms. The molecule has 14 heteroatoms. The molecule has 0 aliphatic rings. The van der Waals surface area contributed by atoms with E-state index in [0.29, 0.717) is 61.2 Å². The normalized spacial score (nSPS) is 11.9. The molecule has 10 nitrogen and oxygen atoms in total. The minimum Gasteiger partial charge on any atom is -0.462 e. The van der Waals surface area contributed by atoms with Crippen LogP contribution in [-0.2, 0) is 9.47 Å². The zero-order valence-electron chi connectivity index (χ0n) is 30.1. The van der Waals surface area contributed by atoms with Gasteiger partial charge in [0.05, 0.1) is 41.6 Å². The van der Waals surface area contributed by atoms with E-state index >= 15 is 0 Å². The van der Waals surface area contributed by atoms with E-state index in [1.54, 1.807) is 72.8 Å². The molecule has 0 saturated carbocycles. The Morgan fingerprint density at radius 1 is 0.745 bits per heavy atom. The lowest BCUT2D eigenvalue weighted by molar-refractivity contribution is 0.0328. The van der Waals surface area contributed by atoms with Crippen LogP contribution in [0.3, 0.4) is 0 Å². The van der Waals surface area contributed by atoms with E-state index in [4.69, 9.17) is 42.8 Å². The predicted octanol–water partition coefficient (Wildman–Crippen LogP) is 10.4. The van der Waals surface area contributed by atoms with Gasteiger partial charge in [0.15, 0.2) is 0 Å². The van der Waals surface area contributed by atoms with E-state index in [-0.39, 0.29) is 6.61 Å². The Kier molecular flexibility index (Phi) is 13.4. The van der Waals surface area contributed by atoms with E-state index in [2.05, 4.69) is 10.1 Å². The molecular formula is C41H36Cl2N6O4S2. The van der Waals surface area contributed by atoms with Crippen LogP contribution in [0.15, 0.2) is 118 Å². The van der Waals surface area contributed by atoms with Crippen molar-refractivity contribution >= 4 is 80.5 Å². The van der Waals surface area contributed by atoms with Crippen molar-refractivity contribution in [3.8, 4) is 22.5 Å². The number of aromatic nitrogens is 2. The Hall–Kier alpha value is -5.40. The molecule has 0 amide bonds. The van der Waals surface area contributed by atoms with E-state index in [9.17, 15) is 9.59 Å². The second-order valence-corrected chi connectivity index (χ2v) is 14.5. The summed E-state index contributed by atoms with van der Waals surface area (Å²) in [7, 11) is 1.79. The maximum Gasteiger partial charge on any atom is 0.339 e. The van der Waals surface area contributed by atoms with Crippen molar-refractivity contribution in [3.63, 3.8) is 0 Å². The van der Waals surface area contributed by atoms with Crippen LogP contribution in [0.1, 0.15) is 52.1 Å². The highest BCUT2D eigenvalue weighted by molar-refractivity contribution is 7.14.